The van der Waals surface area contributed by atoms with Crippen LogP contribution < -0.4 is 0 Å². The lowest BCUT2D eigenvalue weighted by Gasteiger charge is -2.00. The molecule has 0 aliphatic carbocycles. The molecule has 0 aliphatic heterocycles. The lowest BCUT2D eigenvalue weighted by molar-refractivity contribution is 0.201. The van der Waals surface area contributed by atoms with Crippen molar-refractivity contribution in [2.75, 3.05) is 13.7 Å². The first-order valence-corrected chi connectivity index (χ1v) is 5.49. The molecule has 0 spiro atoms. The second-order valence-corrected chi connectivity index (χ2v) is 4.04. The topological polar surface area (TPSA) is 25.0 Å². The summed E-state index contributed by atoms with van der Waals surface area (Å²) in [6.45, 7) is 0.763. The fourth-order valence-corrected chi connectivity index (χ4v) is 2.26. The molecule has 3 heteroatoms. The number of thiophene rings is 1. The average Bonchev–Trinajstić information content (AvgIpc) is 2.84. The Kier molecular flexibility index (Phi) is 3.01. The first-order valence-electron chi connectivity index (χ1n) is 4.61. The van der Waals surface area contributed by atoms with E-state index in [1.54, 1.807) is 18.4 Å². The molecule has 0 radical (unpaired) electrons. The molecule has 2 rings (SSSR count). The van der Waals surface area contributed by atoms with Crippen molar-refractivity contribution in [1.82, 2.24) is 4.98 Å². The molecular formula is C11H13NOS. The van der Waals surface area contributed by atoms with Crippen molar-refractivity contribution in [3.05, 3.63) is 35.5 Å². The number of methoxy groups -OCH3 is 1. The van der Waals surface area contributed by atoms with Crippen LogP contribution in [-0.4, -0.2) is 18.7 Å². The molecule has 0 atom stereocenters. The number of nitrogens with one attached hydrogen (secondary N) is 1. The van der Waals surface area contributed by atoms with E-state index in [1.165, 1.54) is 16.1 Å². The number of ether oxygens (including phenoxy) is 1. The van der Waals surface area contributed by atoms with Gasteiger partial charge >= 0.3 is 0 Å². The van der Waals surface area contributed by atoms with Gasteiger partial charge in [-0.25, -0.2) is 0 Å². The Morgan fingerprint density at radius 1 is 1.43 bits per heavy atom. The van der Waals surface area contributed by atoms with Crippen LogP contribution in [-0.2, 0) is 11.2 Å². The lowest BCUT2D eigenvalue weighted by atomic mass is 10.2. The lowest BCUT2D eigenvalue weighted by Crippen LogP contribution is -1.95. The maximum absolute atomic E-state index is 5.07. The first kappa shape index (κ1) is 9.49. The second kappa shape index (κ2) is 4.44. The zero-order chi connectivity index (χ0) is 9.80. The molecule has 2 aromatic rings. The molecule has 0 bridgehead atoms. The van der Waals surface area contributed by atoms with E-state index < -0.39 is 0 Å². The highest BCUT2D eigenvalue weighted by atomic mass is 32.1. The van der Waals surface area contributed by atoms with Gasteiger partial charge in [-0.05, 0) is 17.5 Å². The molecule has 2 aromatic heterocycles. The standard InChI is InChI=1S/C11H13NOS/c1-13-7-5-10-9(4-6-12-10)11-3-2-8-14-11/h2-4,6,8,12H,5,7H2,1H3. The highest BCUT2D eigenvalue weighted by Crippen LogP contribution is 2.27. The predicted molar refractivity (Wildman–Crippen MR) is 59.7 cm³/mol. The van der Waals surface area contributed by atoms with Gasteiger partial charge < -0.3 is 9.72 Å². The van der Waals surface area contributed by atoms with Crippen molar-refractivity contribution in [1.29, 1.82) is 0 Å². The minimum atomic E-state index is 0.763. The summed E-state index contributed by atoms with van der Waals surface area (Å²) in [6.07, 6.45) is 2.93. The van der Waals surface area contributed by atoms with Crippen LogP contribution in [0.5, 0.6) is 0 Å². The van der Waals surface area contributed by atoms with E-state index in [4.69, 9.17) is 4.74 Å². The van der Waals surface area contributed by atoms with Crippen molar-refractivity contribution in [3.63, 3.8) is 0 Å². The Hall–Kier alpha value is -1.06. The van der Waals surface area contributed by atoms with Crippen LogP contribution in [0.2, 0.25) is 0 Å². The average molecular weight is 207 g/mol. The van der Waals surface area contributed by atoms with Crippen LogP contribution in [0, 0.1) is 0 Å². The van der Waals surface area contributed by atoms with Gasteiger partial charge in [0.1, 0.15) is 0 Å². The summed E-state index contributed by atoms with van der Waals surface area (Å²) in [5.74, 6) is 0. The van der Waals surface area contributed by atoms with Crippen LogP contribution in [0.4, 0.5) is 0 Å². The van der Waals surface area contributed by atoms with Crippen molar-refractivity contribution >= 4 is 11.3 Å². The van der Waals surface area contributed by atoms with E-state index in [0.29, 0.717) is 0 Å². The number of rotatable bonds is 4. The van der Waals surface area contributed by atoms with E-state index >= 15 is 0 Å². The molecule has 0 saturated carbocycles. The van der Waals surface area contributed by atoms with Crippen LogP contribution in [0.1, 0.15) is 5.69 Å². The maximum Gasteiger partial charge on any atom is 0.0517 e. The summed E-state index contributed by atoms with van der Waals surface area (Å²) in [7, 11) is 1.73. The quantitative estimate of drug-likeness (QED) is 0.819. The molecule has 0 aromatic carbocycles. The zero-order valence-electron chi connectivity index (χ0n) is 8.12. The maximum atomic E-state index is 5.07. The monoisotopic (exact) mass is 207 g/mol. The Balaban J connectivity index is 2.22. The van der Waals surface area contributed by atoms with Crippen LogP contribution in [0.15, 0.2) is 29.8 Å². The van der Waals surface area contributed by atoms with Gasteiger partial charge in [-0.15, -0.1) is 11.3 Å². The van der Waals surface area contributed by atoms with Gasteiger partial charge in [0.25, 0.3) is 0 Å². The largest absolute Gasteiger partial charge is 0.384 e. The number of aromatic amines is 1. The fraction of sp³-hybridized carbons (Fsp3) is 0.273. The summed E-state index contributed by atoms with van der Waals surface area (Å²) in [4.78, 5) is 4.57. The Labute approximate surface area is 87.5 Å². The van der Waals surface area contributed by atoms with Gasteiger partial charge in [-0.3, -0.25) is 0 Å². The molecule has 0 unspecified atom stereocenters. The Bertz CT molecular complexity index is 378. The number of hydrogen-bond acceptors (Lipinski definition) is 2. The minimum Gasteiger partial charge on any atom is -0.384 e. The molecule has 0 aliphatic rings. The zero-order valence-corrected chi connectivity index (χ0v) is 8.93. The van der Waals surface area contributed by atoms with Crippen LogP contribution in [0.25, 0.3) is 10.4 Å². The highest BCUT2D eigenvalue weighted by Gasteiger charge is 2.06. The first-order chi connectivity index (χ1) is 6.92. The van der Waals surface area contributed by atoms with Crippen LogP contribution >= 0.6 is 11.3 Å². The molecule has 0 saturated heterocycles. The fourth-order valence-electron chi connectivity index (χ4n) is 1.48. The van der Waals surface area contributed by atoms with Gasteiger partial charge in [-0.2, -0.15) is 0 Å². The van der Waals surface area contributed by atoms with Crippen molar-refractivity contribution in [3.8, 4) is 10.4 Å². The van der Waals surface area contributed by atoms with Crippen molar-refractivity contribution in [2.24, 2.45) is 0 Å². The smallest absolute Gasteiger partial charge is 0.0517 e. The van der Waals surface area contributed by atoms with Crippen molar-refractivity contribution < 1.29 is 4.74 Å². The van der Waals surface area contributed by atoms with Gasteiger partial charge in [0.05, 0.1) is 6.61 Å². The molecule has 0 fully saturated rings. The van der Waals surface area contributed by atoms with E-state index in [-0.39, 0.29) is 0 Å². The minimum absolute atomic E-state index is 0.763. The number of H-pyrrole nitrogens is 1. The summed E-state index contributed by atoms with van der Waals surface area (Å²) in [6, 6.07) is 6.34. The summed E-state index contributed by atoms with van der Waals surface area (Å²) in [5, 5.41) is 2.10. The van der Waals surface area contributed by atoms with E-state index in [0.717, 1.165) is 13.0 Å². The highest BCUT2D eigenvalue weighted by molar-refractivity contribution is 7.13. The molecule has 2 heterocycles. The van der Waals surface area contributed by atoms with Gasteiger partial charge in [-0.1, -0.05) is 6.07 Å². The van der Waals surface area contributed by atoms with Crippen molar-refractivity contribution in [2.45, 2.75) is 6.42 Å². The molecule has 74 valence electrons. The Morgan fingerprint density at radius 3 is 3.07 bits per heavy atom. The molecule has 0 amide bonds. The molecule has 2 nitrogen and oxygen atoms in total. The normalized spacial score (nSPS) is 10.6. The SMILES string of the molecule is COCCc1[nH]ccc1-c1cccs1. The van der Waals surface area contributed by atoms with Gasteiger partial charge in [0.2, 0.25) is 0 Å². The summed E-state index contributed by atoms with van der Waals surface area (Å²) >= 11 is 1.77. The van der Waals surface area contributed by atoms with Gasteiger partial charge in [0.15, 0.2) is 0 Å². The number of aromatic nitrogens is 1. The summed E-state index contributed by atoms with van der Waals surface area (Å²) < 4.78 is 5.07. The third kappa shape index (κ3) is 1.89. The Morgan fingerprint density at radius 2 is 2.36 bits per heavy atom. The summed E-state index contributed by atoms with van der Waals surface area (Å²) in [5.41, 5.74) is 2.56. The second-order valence-electron chi connectivity index (χ2n) is 3.09. The predicted octanol–water partition coefficient (Wildman–Crippen LogP) is 2.93. The van der Waals surface area contributed by atoms with E-state index in [9.17, 15) is 0 Å². The third-order valence-electron chi connectivity index (χ3n) is 2.18. The van der Waals surface area contributed by atoms with E-state index in [1.807, 2.05) is 6.20 Å². The molecular weight excluding hydrogens is 194 g/mol. The van der Waals surface area contributed by atoms with E-state index in [2.05, 4.69) is 28.6 Å². The molecule has 14 heavy (non-hydrogen) atoms. The van der Waals surface area contributed by atoms with Gasteiger partial charge in [0, 0.05) is 35.9 Å². The van der Waals surface area contributed by atoms with Crippen LogP contribution in [0.3, 0.4) is 0 Å². The number of hydrogen-bond donors (Lipinski definition) is 1. The third-order valence-corrected chi connectivity index (χ3v) is 3.08. The molecule has 1 N–H and O–H groups in total.